The van der Waals surface area contributed by atoms with Crippen LogP contribution >= 0.6 is 15.9 Å². The molecule has 1 aromatic carbocycles. The highest BCUT2D eigenvalue weighted by atomic mass is 79.9. The summed E-state index contributed by atoms with van der Waals surface area (Å²) in [6, 6.07) is 4.86. The van der Waals surface area contributed by atoms with Gasteiger partial charge in [-0.05, 0) is 53.9 Å². The molecule has 0 aliphatic heterocycles. The average Bonchev–Trinajstić information content (AvgIpc) is 2.25. The topological polar surface area (TPSA) is 69.6 Å². The van der Waals surface area contributed by atoms with Crippen molar-refractivity contribution in [1.29, 1.82) is 0 Å². The Balaban J connectivity index is 2.52. The van der Waals surface area contributed by atoms with Crippen molar-refractivity contribution >= 4 is 27.6 Å². The van der Waals surface area contributed by atoms with Crippen LogP contribution in [-0.4, -0.2) is 28.8 Å². The lowest BCUT2D eigenvalue weighted by atomic mass is 10.2. The van der Waals surface area contributed by atoms with E-state index in [2.05, 4.69) is 21.2 Å². The Hall–Kier alpha value is -1.07. The van der Waals surface area contributed by atoms with Crippen LogP contribution in [0.5, 0.6) is 0 Å². The molecular weight excluding hydrogens is 286 g/mol. The zero-order valence-corrected chi connectivity index (χ0v) is 11.2. The van der Waals surface area contributed by atoms with E-state index >= 15 is 0 Å². The Bertz CT molecular complexity index is 393. The molecule has 1 atom stereocenters. The second-order valence-corrected chi connectivity index (χ2v) is 4.77. The van der Waals surface area contributed by atoms with E-state index in [1.807, 2.05) is 0 Å². The smallest absolute Gasteiger partial charge is 0.335 e. The van der Waals surface area contributed by atoms with Crippen molar-refractivity contribution < 1.29 is 15.0 Å². The van der Waals surface area contributed by atoms with Crippen molar-refractivity contribution in [2.75, 3.05) is 11.9 Å². The zero-order chi connectivity index (χ0) is 12.8. The highest BCUT2D eigenvalue weighted by Crippen LogP contribution is 2.23. The summed E-state index contributed by atoms with van der Waals surface area (Å²) < 4.78 is 0.731. The van der Waals surface area contributed by atoms with Gasteiger partial charge in [0.15, 0.2) is 0 Å². The molecule has 1 aromatic rings. The standard InChI is InChI=1S/C12H16BrNO3/c1-8(15)3-2-6-14-11-5-4-9(12(16)17)7-10(11)13/h4-5,7-8,14-15H,2-3,6H2,1H3,(H,16,17). The van der Waals surface area contributed by atoms with Gasteiger partial charge >= 0.3 is 5.97 Å². The van der Waals surface area contributed by atoms with E-state index in [1.54, 1.807) is 25.1 Å². The number of carbonyl (C=O) groups is 1. The lowest BCUT2D eigenvalue weighted by molar-refractivity contribution is 0.0697. The molecule has 4 nitrogen and oxygen atoms in total. The number of anilines is 1. The number of rotatable bonds is 6. The maximum absolute atomic E-state index is 10.7. The second kappa shape index (κ2) is 6.61. The molecule has 5 heteroatoms. The maximum Gasteiger partial charge on any atom is 0.335 e. The monoisotopic (exact) mass is 301 g/mol. The second-order valence-electron chi connectivity index (χ2n) is 3.92. The molecule has 0 saturated heterocycles. The molecule has 1 unspecified atom stereocenters. The first-order valence-electron chi connectivity index (χ1n) is 5.45. The van der Waals surface area contributed by atoms with Gasteiger partial charge in [0.1, 0.15) is 0 Å². The lowest BCUT2D eigenvalue weighted by Crippen LogP contribution is -2.07. The summed E-state index contributed by atoms with van der Waals surface area (Å²) in [7, 11) is 0. The third-order valence-electron chi connectivity index (χ3n) is 2.33. The van der Waals surface area contributed by atoms with Crippen LogP contribution in [0, 0.1) is 0 Å². The minimum Gasteiger partial charge on any atom is -0.478 e. The van der Waals surface area contributed by atoms with Crippen molar-refractivity contribution in [1.82, 2.24) is 0 Å². The van der Waals surface area contributed by atoms with Crippen LogP contribution in [0.25, 0.3) is 0 Å². The van der Waals surface area contributed by atoms with Gasteiger partial charge in [-0.3, -0.25) is 0 Å². The molecule has 0 heterocycles. The Morgan fingerprint density at radius 2 is 2.24 bits per heavy atom. The van der Waals surface area contributed by atoms with Crippen LogP contribution in [-0.2, 0) is 0 Å². The van der Waals surface area contributed by atoms with Crippen molar-refractivity contribution in [2.45, 2.75) is 25.9 Å². The van der Waals surface area contributed by atoms with Crippen LogP contribution in [0.15, 0.2) is 22.7 Å². The Morgan fingerprint density at radius 1 is 1.53 bits per heavy atom. The van der Waals surface area contributed by atoms with Gasteiger partial charge in [0.2, 0.25) is 0 Å². The molecule has 0 amide bonds. The number of carboxylic acid groups (broad SMARTS) is 1. The largest absolute Gasteiger partial charge is 0.478 e. The number of hydrogen-bond donors (Lipinski definition) is 3. The highest BCUT2D eigenvalue weighted by Gasteiger charge is 2.06. The molecule has 0 aliphatic carbocycles. The highest BCUT2D eigenvalue weighted by molar-refractivity contribution is 9.10. The number of nitrogens with one attached hydrogen (secondary N) is 1. The third kappa shape index (κ3) is 4.75. The van der Waals surface area contributed by atoms with Crippen LogP contribution in [0.1, 0.15) is 30.1 Å². The van der Waals surface area contributed by atoms with E-state index in [0.29, 0.717) is 0 Å². The van der Waals surface area contributed by atoms with Gasteiger partial charge in [0.25, 0.3) is 0 Å². The lowest BCUT2D eigenvalue weighted by Gasteiger charge is -2.09. The summed E-state index contributed by atoms with van der Waals surface area (Å²) in [5.41, 5.74) is 1.12. The third-order valence-corrected chi connectivity index (χ3v) is 2.99. The number of aromatic carboxylic acids is 1. The summed E-state index contributed by atoms with van der Waals surface area (Å²) in [5, 5.41) is 21.1. The van der Waals surface area contributed by atoms with Crippen LogP contribution in [0.4, 0.5) is 5.69 Å². The van der Waals surface area contributed by atoms with E-state index in [4.69, 9.17) is 10.2 Å². The Labute approximate surface area is 109 Å². The van der Waals surface area contributed by atoms with Gasteiger partial charge in [-0.2, -0.15) is 0 Å². The summed E-state index contributed by atoms with van der Waals surface area (Å²) >= 11 is 3.32. The van der Waals surface area contributed by atoms with Crippen molar-refractivity contribution in [2.24, 2.45) is 0 Å². The molecule has 0 saturated carbocycles. The Kier molecular flexibility index (Phi) is 5.44. The quantitative estimate of drug-likeness (QED) is 0.707. The molecule has 0 bridgehead atoms. The molecule has 94 valence electrons. The van der Waals surface area contributed by atoms with E-state index < -0.39 is 5.97 Å². The van der Waals surface area contributed by atoms with E-state index in [-0.39, 0.29) is 11.7 Å². The number of carboxylic acids is 1. The van der Waals surface area contributed by atoms with Gasteiger partial charge in [-0.25, -0.2) is 4.79 Å². The van der Waals surface area contributed by atoms with E-state index in [0.717, 1.165) is 29.5 Å². The predicted octanol–water partition coefficient (Wildman–Crippen LogP) is 2.72. The molecular formula is C12H16BrNO3. The van der Waals surface area contributed by atoms with Gasteiger partial charge in [0.05, 0.1) is 11.7 Å². The molecule has 0 aliphatic rings. The summed E-state index contributed by atoms with van der Waals surface area (Å²) in [6.07, 6.45) is 1.33. The maximum atomic E-state index is 10.7. The zero-order valence-electron chi connectivity index (χ0n) is 9.61. The predicted molar refractivity (Wildman–Crippen MR) is 70.5 cm³/mol. The van der Waals surface area contributed by atoms with Crippen LogP contribution in [0.3, 0.4) is 0 Å². The van der Waals surface area contributed by atoms with Crippen LogP contribution in [0.2, 0.25) is 0 Å². The SMILES string of the molecule is CC(O)CCCNc1ccc(C(=O)O)cc1Br. The van der Waals surface area contributed by atoms with E-state index in [1.165, 1.54) is 0 Å². The summed E-state index contributed by atoms with van der Waals surface area (Å²) in [5.74, 6) is -0.939. The van der Waals surface area contributed by atoms with Gasteiger partial charge in [-0.15, -0.1) is 0 Å². The Morgan fingerprint density at radius 3 is 2.76 bits per heavy atom. The fraction of sp³-hybridized carbons (Fsp3) is 0.417. The number of benzene rings is 1. The summed E-state index contributed by atoms with van der Waals surface area (Å²) in [4.78, 5) is 10.7. The fourth-order valence-electron chi connectivity index (χ4n) is 1.41. The molecule has 1 rings (SSSR count). The number of hydrogen-bond acceptors (Lipinski definition) is 3. The summed E-state index contributed by atoms with van der Waals surface area (Å²) in [6.45, 7) is 2.51. The molecule has 17 heavy (non-hydrogen) atoms. The van der Waals surface area contributed by atoms with E-state index in [9.17, 15) is 4.79 Å². The normalized spacial score (nSPS) is 12.2. The minimum atomic E-state index is -0.939. The van der Waals surface area contributed by atoms with Crippen molar-refractivity contribution in [3.63, 3.8) is 0 Å². The minimum absolute atomic E-state index is 0.256. The van der Waals surface area contributed by atoms with Crippen molar-refractivity contribution in [3.8, 4) is 0 Å². The first-order chi connectivity index (χ1) is 8.00. The average molecular weight is 302 g/mol. The molecule has 0 fully saturated rings. The van der Waals surface area contributed by atoms with Gasteiger partial charge in [-0.1, -0.05) is 0 Å². The number of aliphatic hydroxyl groups excluding tert-OH is 1. The van der Waals surface area contributed by atoms with Gasteiger partial charge in [0, 0.05) is 16.7 Å². The van der Waals surface area contributed by atoms with Crippen LogP contribution < -0.4 is 5.32 Å². The molecule has 0 spiro atoms. The van der Waals surface area contributed by atoms with Gasteiger partial charge < -0.3 is 15.5 Å². The van der Waals surface area contributed by atoms with Crippen molar-refractivity contribution in [3.05, 3.63) is 28.2 Å². The fourth-order valence-corrected chi connectivity index (χ4v) is 1.93. The molecule has 0 radical (unpaired) electrons. The first-order valence-corrected chi connectivity index (χ1v) is 6.25. The number of halogens is 1. The first kappa shape index (κ1) is 14.0. The number of aliphatic hydroxyl groups is 1. The molecule has 0 aromatic heterocycles. The molecule has 3 N–H and O–H groups in total.